The zero-order chi connectivity index (χ0) is 20.2. The molecule has 0 N–H and O–H groups in total. The van der Waals surface area contributed by atoms with Crippen molar-refractivity contribution in [2.45, 2.75) is 0 Å². The molecule has 2 aromatic carbocycles. The molecular formula is C26H18N2O2. The molecule has 0 bridgehead atoms. The third-order valence-corrected chi connectivity index (χ3v) is 4.77. The van der Waals surface area contributed by atoms with Gasteiger partial charge in [-0.1, -0.05) is 60.7 Å². The zero-order valence-electron chi connectivity index (χ0n) is 16.1. The third-order valence-electron chi connectivity index (χ3n) is 4.77. The lowest BCUT2D eigenvalue weighted by molar-refractivity contribution is 0.450. The lowest BCUT2D eigenvalue weighted by atomic mass is 10.0. The maximum atomic E-state index is 5.72. The molecule has 0 aliphatic carbocycles. The summed E-state index contributed by atoms with van der Waals surface area (Å²) in [6, 6.07) is 30.2. The average Bonchev–Trinajstić information content (AvgIpc) is 3.29. The fourth-order valence-electron chi connectivity index (χ4n) is 3.27. The van der Waals surface area contributed by atoms with E-state index in [-0.39, 0.29) is 0 Å². The van der Waals surface area contributed by atoms with Crippen LogP contribution < -0.4 is 4.74 Å². The van der Waals surface area contributed by atoms with Crippen LogP contribution in [-0.4, -0.2) is 9.97 Å². The summed E-state index contributed by atoms with van der Waals surface area (Å²) >= 11 is 0. The van der Waals surface area contributed by atoms with Crippen molar-refractivity contribution in [1.82, 2.24) is 9.97 Å². The summed E-state index contributed by atoms with van der Waals surface area (Å²) in [6.45, 7) is 0. The molecule has 3 aromatic heterocycles. The SMILES string of the molecule is c1ccc(-c2ccc(-c3ccnc(-c4cc(Oc5ccccn5)co4)c3)cc2)cc1. The van der Waals surface area contributed by atoms with Crippen molar-refractivity contribution in [3.63, 3.8) is 0 Å². The van der Waals surface area contributed by atoms with Crippen LogP contribution in [0.1, 0.15) is 0 Å². The summed E-state index contributed by atoms with van der Waals surface area (Å²) in [7, 11) is 0. The van der Waals surface area contributed by atoms with Crippen molar-refractivity contribution >= 4 is 0 Å². The number of rotatable bonds is 5. The highest BCUT2D eigenvalue weighted by molar-refractivity contribution is 5.72. The van der Waals surface area contributed by atoms with E-state index in [4.69, 9.17) is 9.15 Å². The Bertz CT molecular complexity index is 1250. The molecule has 0 saturated carbocycles. The molecule has 5 rings (SSSR count). The van der Waals surface area contributed by atoms with Gasteiger partial charge >= 0.3 is 0 Å². The summed E-state index contributed by atoms with van der Waals surface area (Å²) < 4.78 is 11.4. The van der Waals surface area contributed by atoms with Crippen molar-refractivity contribution in [3.05, 3.63) is 110 Å². The van der Waals surface area contributed by atoms with Gasteiger partial charge in [-0.15, -0.1) is 0 Å². The van der Waals surface area contributed by atoms with Crippen LogP contribution in [0.25, 0.3) is 33.7 Å². The van der Waals surface area contributed by atoms with Gasteiger partial charge in [-0.2, -0.15) is 0 Å². The minimum absolute atomic E-state index is 0.519. The first kappa shape index (κ1) is 17.9. The number of hydrogen-bond acceptors (Lipinski definition) is 4. The van der Waals surface area contributed by atoms with Crippen molar-refractivity contribution in [2.24, 2.45) is 0 Å². The van der Waals surface area contributed by atoms with Gasteiger partial charge in [0.25, 0.3) is 0 Å². The van der Waals surface area contributed by atoms with Crippen molar-refractivity contribution < 1.29 is 9.15 Å². The minimum Gasteiger partial charge on any atom is -0.459 e. The van der Waals surface area contributed by atoms with Crippen LogP contribution in [-0.2, 0) is 0 Å². The van der Waals surface area contributed by atoms with Gasteiger partial charge in [0.15, 0.2) is 11.5 Å². The first-order valence-corrected chi connectivity index (χ1v) is 9.65. The average molecular weight is 390 g/mol. The van der Waals surface area contributed by atoms with Crippen LogP contribution in [0.15, 0.2) is 114 Å². The highest BCUT2D eigenvalue weighted by Crippen LogP contribution is 2.31. The Hall–Kier alpha value is -4.18. The molecule has 0 radical (unpaired) electrons. The van der Waals surface area contributed by atoms with Crippen molar-refractivity contribution in [1.29, 1.82) is 0 Å². The van der Waals surface area contributed by atoms with E-state index >= 15 is 0 Å². The Morgan fingerprint density at radius 1 is 0.600 bits per heavy atom. The molecule has 0 fully saturated rings. The minimum atomic E-state index is 0.519. The lowest BCUT2D eigenvalue weighted by Crippen LogP contribution is -1.85. The summed E-state index contributed by atoms with van der Waals surface area (Å²) in [5.74, 6) is 1.75. The molecule has 5 aromatic rings. The van der Waals surface area contributed by atoms with Gasteiger partial charge in [0.2, 0.25) is 5.88 Å². The molecular weight excluding hydrogens is 372 g/mol. The maximum absolute atomic E-state index is 5.72. The monoisotopic (exact) mass is 390 g/mol. The third kappa shape index (κ3) is 3.84. The van der Waals surface area contributed by atoms with Gasteiger partial charge in [-0.25, -0.2) is 4.98 Å². The van der Waals surface area contributed by atoms with E-state index in [1.54, 1.807) is 24.7 Å². The Morgan fingerprint density at radius 2 is 1.33 bits per heavy atom. The first-order valence-electron chi connectivity index (χ1n) is 9.65. The molecule has 0 amide bonds. The summed E-state index contributed by atoms with van der Waals surface area (Å²) in [6.07, 6.45) is 5.04. The number of ether oxygens (including phenoxy) is 1. The molecule has 144 valence electrons. The van der Waals surface area contributed by atoms with E-state index in [1.807, 2.05) is 48.5 Å². The maximum Gasteiger partial charge on any atom is 0.219 e. The van der Waals surface area contributed by atoms with E-state index in [0.29, 0.717) is 17.4 Å². The van der Waals surface area contributed by atoms with E-state index in [1.165, 1.54) is 11.1 Å². The molecule has 0 aliphatic rings. The number of benzene rings is 2. The Kier molecular flexibility index (Phi) is 4.80. The second kappa shape index (κ2) is 8.05. The molecule has 30 heavy (non-hydrogen) atoms. The molecule has 0 aliphatic heterocycles. The molecule has 4 nitrogen and oxygen atoms in total. The van der Waals surface area contributed by atoms with Crippen LogP contribution in [0.5, 0.6) is 11.6 Å². The Morgan fingerprint density at radius 3 is 2.10 bits per heavy atom. The highest BCUT2D eigenvalue weighted by atomic mass is 16.5. The standard InChI is InChI=1S/C26H18N2O2/c1-2-6-19(7-3-1)20-9-11-21(12-10-20)22-13-15-27-24(16-22)25-17-23(18-29-25)30-26-8-4-5-14-28-26/h1-18H. The smallest absolute Gasteiger partial charge is 0.219 e. The molecule has 0 spiro atoms. The second-order valence-corrected chi connectivity index (χ2v) is 6.79. The van der Waals surface area contributed by atoms with Gasteiger partial charge in [0.05, 0.1) is 0 Å². The molecule has 0 atom stereocenters. The summed E-state index contributed by atoms with van der Waals surface area (Å²) in [4.78, 5) is 8.61. The number of aromatic nitrogens is 2. The Balaban J connectivity index is 1.38. The predicted octanol–water partition coefficient (Wildman–Crippen LogP) is 6.86. The van der Waals surface area contributed by atoms with Crippen molar-refractivity contribution in [2.75, 3.05) is 0 Å². The molecule has 3 heterocycles. The van der Waals surface area contributed by atoms with E-state index in [2.05, 4.69) is 46.4 Å². The van der Waals surface area contributed by atoms with E-state index in [0.717, 1.165) is 16.8 Å². The summed E-state index contributed by atoms with van der Waals surface area (Å²) in [5, 5.41) is 0. The van der Waals surface area contributed by atoms with Gasteiger partial charge in [-0.05, 0) is 40.5 Å². The van der Waals surface area contributed by atoms with Gasteiger partial charge in [-0.3, -0.25) is 4.98 Å². The van der Waals surface area contributed by atoms with Crippen LogP contribution in [0.3, 0.4) is 0 Å². The first-order chi connectivity index (χ1) is 14.8. The molecule has 0 unspecified atom stereocenters. The number of hydrogen-bond donors (Lipinski definition) is 0. The van der Waals surface area contributed by atoms with Crippen molar-refractivity contribution in [3.8, 4) is 45.3 Å². The van der Waals surface area contributed by atoms with Crippen LogP contribution in [0.4, 0.5) is 0 Å². The van der Waals surface area contributed by atoms with Crippen LogP contribution >= 0.6 is 0 Å². The quantitative estimate of drug-likeness (QED) is 0.329. The second-order valence-electron chi connectivity index (χ2n) is 6.79. The molecule has 0 saturated heterocycles. The number of nitrogens with zero attached hydrogens (tertiary/aromatic N) is 2. The molecule has 4 heteroatoms. The normalized spacial score (nSPS) is 10.7. The lowest BCUT2D eigenvalue weighted by Gasteiger charge is -2.06. The van der Waals surface area contributed by atoms with Crippen LogP contribution in [0.2, 0.25) is 0 Å². The fraction of sp³-hybridized carbons (Fsp3) is 0. The van der Waals surface area contributed by atoms with Gasteiger partial charge < -0.3 is 9.15 Å². The fourth-order valence-corrected chi connectivity index (χ4v) is 3.27. The highest BCUT2D eigenvalue weighted by Gasteiger charge is 2.10. The van der Waals surface area contributed by atoms with E-state index < -0.39 is 0 Å². The summed E-state index contributed by atoms with van der Waals surface area (Å²) in [5.41, 5.74) is 5.33. The number of furan rings is 1. The topological polar surface area (TPSA) is 48.2 Å². The van der Waals surface area contributed by atoms with Gasteiger partial charge in [0, 0.05) is 24.5 Å². The zero-order valence-corrected chi connectivity index (χ0v) is 16.1. The van der Waals surface area contributed by atoms with E-state index in [9.17, 15) is 0 Å². The largest absolute Gasteiger partial charge is 0.459 e. The number of pyridine rings is 2. The van der Waals surface area contributed by atoms with Crippen LogP contribution in [0, 0.1) is 0 Å². The Labute approximate surface area is 174 Å². The van der Waals surface area contributed by atoms with Gasteiger partial charge in [0.1, 0.15) is 12.0 Å². The predicted molar refractivity (Wildman–Crippen MR) is 117 cm³/mol.